The average Bonchev–Trinajstić information content (AvgIpc) is 3.03. The van der Waals surface area contributed by atoms with Crippen LogP contribution in [0.5, 0.6) is 0 Å². The van der Waals surface area contributed by atoms with Gasteiger partial charge in [0.05, 0.1) is 18.9 Å². The zero-order chi connectivity index (χ0) is 16.9. The molecule has 0 spiro atoms. The molecule has 124 valence electrons. The van der Waals surface area contributed by atoms with Gasteiger partial charge < -0.3 is 4.57 Å². The van der Waals surface area contributed by atoms with Crippen molar-refractivity contribution in [2.24, 2.45) is 0 Å². The van der Waals surface area contributed by atoms with Crippen molar-refractivity contribution < 1.29 is 8.78 Å². The summed E-state index contributed by atoms with van der Waals surface area (Å²) >= 11 is 0. The molecule has 0 bridgehead atoms. The van der Waals surface area contributed by atoms with E-state index in [1.54, 1.807) is 17.0 Å². The van der Waals surface area contributed by atoms with Gasteiger partial charge in [0.1, 0.15) is 12.0 Å². The molecule has 0 aliphatic rings. The number of imidazole rings is 1. The van der Waals surface area contributed by atoms with Gasteiger partial charge in [-0.15, -0.1) is 0 Å². The van der Waals surface area contributed by atoms with E-state index in [1.165, 1.54) is 24.7 Å². The van der Waals surface area contributed by atoms with Gasteiger partial charge in [-0.2, -0.15) is 0 Å². The Morgan fingerprint density at radius 3 is 2.79 bits per heavy atom. The molecule has 0 atom stereocenters. The highest BCUT2D eigenvalue weighted by Crippen LogP contribution is 2.20. The van der Waals surface area contributed by atoms with Crippen molar-refractivity contribution in [2.45, 2.75) is 26.3 Å². The minimum Gasteiger partial charge on any atom is -0.324 e. The lowest BCUT2D eigenvalue weighted by Crippen LogP contribution is -2.10. The highest BCUT2D eigenvalue weighted by Gasteiger charge is 2.15. The van der Waals surface area contributed by atoms with Crippen LogP contribution >= 0.6 is 0 Å². The van der Waals surface area contributed by atoms with Gasteiger partial charge >= 0.3 is 0 Å². The summed E-state index contributed by atoms with van der Waals surface area (Å²) in [4.78, 5) is 16.8. The summed E-state index contributed by atoms with van der Waals surface area (Å²) in [5, 5.41) is 0. The predicted octanol–water partition coefficient (Wildman–Crippen LogP) is 3.13. The summed E-state index contributed by atoms with van der Waals surface area (Å²) in [6.45, 7) is 1.89. The van der Waals surface area contributed by atoms with Crippen molar-refractivity contribution in [1.29, 1.82) is 0 Å². The lowest BCUT2D eigenvalue weighted by molar-refractivity contribution is 0.471. The van der Waals surface area contributed by atoms with E-state index in [0.29, 0.717) is 25.2 Å². The van der Waals surface area contributed by atoms with Gasteiger partial charge in [-0.3, -0.25) is 4.39 Å². The molecule has 0 saturated heterocycles. The molecule has 0 saturated carbocycles. The van der Waals surface area contributed by atoms with Crippen molar-refractivity contribution in [3.05, 3.63) is 59.8 Å². The number of aryl methyl sites for hydroxylation is 1. The summed E-state index contributed by atoms with van der Waals surface area (Å²) in [5.74, 6) is 0.00211. The van der Waals surface area contributed by atoms with Gasteiger partial charge in [0.15, 0.2) is 11.6 Å². The van der Waals surface area contributed by atoms with E-state index in [4.69, 9.17) is 0 Å². The quantitative estimate of drug-likeness (QED) is 0.697. The molecule has 0 N–H and O–H groups in total. The zero-order valence-electron chi connectivity index (χ0n) is 13.3. The first-order valence-electron chi connectivity index (χ1n) is 7.68. The zero-order valence-corrected chi connectivity index (χ0v) is 13.3. The SMILES string of the molecule is Cc1ncnc(Cn2ccnc2-c2ncccc2F)c1CCCF. The molecule has 0 unspecified atom stereocenters. The van der Waals surface area contributed by atoms with Gasteiger partial charge in [0.2, 0.25) is 0 Å². The summed E-state index contributed by atoms with van der Waals surface area (Å²) in [6.07, 6.45) is 7.35. The van der Waals surface area contributed by atoms with Crippen molar-refractivity contribution in [1.82, 2.24) is 24.5 Å². The number of halogens is 2. The van der Waals surface area contributed by atoms with Crippen LogP contribution in [0, 0.1) is 12.7 Å². The fourth-order valence-corrected chi connectivity index (χ4v) is 2.62. The van der Waals surface area contributed by atoms with Gasteiger partial charge in [-0.25, -0.2) is 24.3 Å². The van der Waals surface area contributed by atoms with E-state index in [-0.39, 0.29) is 12.4 Å². The lowest BCUT2D eigenvalue weighted by atomic mass is 10.1. The molecule has 3 aromatic heterocycles. The molecule has 7 heteroatoms. The maximum atomic E-state index is 14.0. The number of pyridine rings is 1. The number of hydrogen-bond donors (Lipinski definition) is 0. The Hall–Kier alpha value is -2.70. The van der Waals surface area contributed by atoms with Gasteiger partial charge in [-0.1, -0.05) is 0 Å². The van der Waals surface area contributed by atoms with E-state index >= 15 is 0 Å². The summed E-state index contributed by atoms with van der Waals surface area (Å²) in [6, 6.07) is 2.89. The van der Waals surface area contributed by atoms with Crippen LogP contribution in [-0.4, -0.2) is 31.2 Å². The molecule has 3 rings (SSSR count). The van der Waals surface area contributed by atoms with Crippen LogP contribution in [0.25, 0.3) is 11.5 Å². The third-order valence-electron chi connectivity index (χ3n) is 3.82. The molecular weight excluding hydrogens is 312 g/mol. The van der Waals surface area contributed by atoms with E-state index in [2.05, 4.69) is 19.9 Å². The second-order valence-electron chi connectivity index (χ2n) is 5.39. The van der Waals surface area contributed by atoms with Crippen LogP contribution in [0.2, 0.25) is 0 Å². The molecule has 0 aliphatic heterocycles. The third-order valence-corrected chi connectivity index (χ3v) is 3.82. The van der Waals surface area contributed by atoms with Crippen LogP contribution in [0.15, 0.2) is 37.1 Å². The Morgan fingerprint density at radius 1 is 1.12 bits per heavy atom. The second-order valence-corrected chi connectivity index (χ2v) is 5.39. The van der Waals surface area contributed by atoms with Crippen LogP contribution in [-0.2, 0) is 13.0 Å². The highest BCUT2D eigenvalue weighted by atomic mass is 19.1. The Labute approximate surface area is 138 Å². The number of nitrogens with zero attached hydrogens (tertiary/aromatic N) is 5. The minimum atomic E-state index is -0.429. The normalized spacial score (nSPS) is 11.0. The van der Waals surface area contributed by atoms with Crippen molar-refractivity contribution >= 4 is 0 Å². The second kappa shape index (κ2) is 7.25. The van der Waals surface area contributed by atoms with E-state index in [0.717, 1.165) is 17.0 Å². The molecule has 5 nitrogen and oxygen atoms in total. The van der Waals surface area contributed by atoms with E-state index in [1.807, 2.05) is 6.92 Å². The smallest absolute Gasteiger partial charge is 0.162 e. The number of aromatic nitrogens is 5. The molecule has 3 aromatic rings. The molecule has 0 aromatic carbocycles. The van der Waals surface area contributed by atoms with Gasteiger partial charge in [0, 0.05) is 24.3 Å². The summed E-state index contributed by atoms with van der Waals surface area (Å²) in [7, 11) is 0. The molecule has 0 aliphatic carbocycles. The van der Waals surface area contributed by atoms with Crippen LogP contribution in [0.1, 0.15) is 23.4 Å². The van der Waals surface area contributed by atoms with E-state index < -0.39 is 5.82 Å². The topological polar surface area (TPSA) is 56.5 Å². The Balaban J connectivity index is 1.95. The number of alkyl halides is 1. The molecule has 0 fully saturated rings. The molecule has 0 radical (unpaired) electrons. The highest BCUT2D eigenvalue weighted by molar-refractivity contribution is 5.50. The Bertz CT molecular complexity index is 831. The average molecular weight is 329 g/mol. The molecule has 3 heterocycles. The standard InChI is InChI=1S/C17H17F2N5/c1-12-13(4-2-6-18)15(23-11-22-12)10-24-9-8-21-17(24)16-14(19)5-3-7-20-16/h3,5,7-9,11H,2,4,6,10H2,1H3. The lowest BCUT2D eigenvalue weighted by Gasteiger charge is -2.12. The molecule has 0 amide bonds. The largest absolute Gasteiger partial charge is 0.324 e. The van der Waals surface area contributed by atoms with Crippen molar-refractivity contribution in [3.63, 3.8) is 0 Å². The summed E-state index contributed by atoms with van der Waals surface area (Å²) < 4.78 is 28.3. The monoisotopic (exact) mass is 329 g/mol. The number of rotatable bonds is 6. The van der Waals surface area contributed by atoms with Crippen molar-refractivity contribution in [3.8, 4) is 11.5 Å². The first-order valence-corrected chi connectivity index (χ1v) is 7.68. The fourth-order valence-electron chi connectivity index (χ4n) is 2.62. The first-order chi connectivity index (χ1) is 11.7. The summed E-state index contributed by atoms with van der Waals surface area (Å²) in [5.41, 5.74) is 2.74. The van der Waals surface area contributed by atoms with Gasteiger partial charge in [0.25, 0.3) is 0 Å². The van der Waals surface area contributed by atoms with Crippen LogP contribution < -0.4 is 0 Å². The molecular formula is C17H17F2N5. The Morgan fingerprint density at radius 2 is 2.00 bits per heavy atom. The minimum absolute atomic E-state index is 0.193. The van der Waals surface area contributed by atoms with Crippen LogP contribution in [0.3, 0.4) is 0 Å². The maximum Gasteiger partial charge on any atom is 0.162 e. The molecule has 24 heavy (non-hydrogen) atoms. The Kier molecular flexibility index (Phi) is 4.88. The van der Waals surface area contributed by atoms with Crippen molar-refractivity contribution in [2.75, 3.05) is 6.67 Å². The number of hydrogen-bond acceptors (Lipinski definition) is 4. The predicted molar refractivity (Wildman–Crippen MR) is 85.6 cm³/mol. The van der Waals surface area contributed by atoms with E-state index in [9.17, 15) is 8.78 Å². The fraction of sp³-hybridized carbons (Fsp3) is 0.294. The van der Waals surface area contributed by atoms with Gasteiger partial charge in [-0.05, 0) is 37.5 Å². The van der Waals surface area contributed by atoms with Crippen LogP contribution in [0.4, 0.5) is 8.78 Å². The maximum absolute atomic E-state index is 14.0. The first kappa shape index (κ1) is 16.2. The third kappa shape index (κ3) is 3.29.